The quantitative estimate of drug-likeness (QED) is 0.262. The number of rotatable bonds is 8. The van der Waals surface area contributed by atoms with Gasteiger partial charge in [-0.1, -0.05) is 17.7 Å². The van der Waals surface area contributed by atoms with Gasteiger partial charge in [0.05, 0.1) is 24.1 Å². The van der Waals surface area contributed by atoms with Gasteiger partial charge in [-0.3, -0.25) is 39.1 Å². The molecular formula is C42H47ClN10O5. The highest BCUT2D eigenvalue weighted by Crippen LogP contribution is 2.34. The topological polar surface area (TPSA) is 147 Å². The molecule has 1 aromatic heterocycles. The zero-order chi connectivity index (χ0) is 40.7. The molecule has 15 nitrogen and oxygen atoms in total. The highest BCUT2D eigenvalue weighted by molar-refractivity contribution is 6.33. The van der Waals surface area contributed by atoms with Crippen LogP contribution in [-0.4, -0.2) is 131 Å². The van der Waals surface area contributed by atoms with Gasteiger partial charge in [0.1, 0.15) is 6.04 Å². The van der Waals surface area contributed by atoms with Crippen molar-refractivity contribution in [1.29, 1.82) is 0 Å². The number of carbonyl (C=O) groups excluding carboxylic acids is 5. The number of anilines is 3. The maximum Gasteiger partial charge on any atom is 0.262 e. The Morgan fingerprint density at radius 1 is 0.845 bits per heavy atom. The van der Waals surface area contributed by atoms with Gasteiger partial charge in [-0.25, -0.2) is 14.8 Å². The molecular weight excluding hydrogens is 760 g/mol. The minimum atomic E-state index is -0.975. The smallest absolute Gasteiger partial charge is 0.262 e. The fourth-order valence-corrected chi connectivity index (χ4v) is 9.22. The number of piperidine rings is 2. The van der Waals surface area contributed by atoms with Gasteiger partial charge < -0.3 is 19.6 Å². The number of piperazine rings is 2. The second-order valence-electron chi connectivity index (χ2n) is 16.1. The highest BCUT2D eigenvalue weighted by atomic mass is 35.5. The Balaban J connectivity index is 0.777. The first kappa shape index (κ1) is 39.2. The Kier molecular flexibility index (Phi) is 11.1. The van der Waals surface area contributed by atoms with Crippen LogP contribution in [0.5, 0.6) is 0 Å². The second kappa shape index (κ2) is 16.3. The fraction of sp³-hybridized carbons (Fsp3) is 0.476. The highest BCUT2D eigenvalue weighted by Gasteiger charge is 2.45. The Bertz CT molecular complexity index is 2160. The number of hydrogen-bond donors (Lipinski definition) is 1. The molecule has 0 bridgehead atoms. The van der Waals surface area contributed by atoms with Crippen LogP contribution in [0.2, 0.25) is 5.02 Å². The van der Waals surface area contributed by atoms with Crippen molar-refractivity contribution in [3.05, 3.63) is 81.9 Å². The average Bonchev–Trinajstić information content (AvgIpc) is 3.47. The maximum atomic E-state index is 13.5. The molecule has 16 heteroatoms. The van der Waals surface area contributed by atoms with Crippen molar-refractivity contribution in [2.24, 2.45) is 5.92 Å². The molecule has 3 atom stereocenters. The zero-order valence-corrected chi connectivity index (χ0v) is 33.5. The molecule has 0 aliphatic carbocycles. The summed E-state index contributed by atoms with van der Waals surface area (Å²) in [4.78, 5) is 88.9. The summed E-state index contributed by atoms with van der Waals surface area (Å²) in [6, 6.07) is 9.92. The summed E-state index contributed by atoms with van der Waals surface area (Å²) in [6.45, 7) is 18.8. The van der Waals surface area contributed by atoms with Crippen LogP contribution in [0.15, 0.2) is 48.8 Å². The minimum Gasteiger partial charge on any atom is -0.369 e. The van der Waals surface area contributed by atoms with Gasteiger partial charge in [0.25, 0.3) is 11.8 Å². The molecule has 5 amide bonds. The van der Waals surface area contributed by atoms with Gasteiger partial charge in [0.15, 0.2) is 0 Å². The van der Waals surface area contributed by atoms with Crippen molar-refractivity contribution in [3.8, 4) is 0 Å². The molecule has 8 rings (SSSR count). The molecule has 4 saturated heterocycles. The van der Waals surface area contributed by atoms with Crippen molar-refractivity contribution < 1.29 is 24.0 Å². The molecule has 0 spiro atoms. The van der Waals surface area contributed by atoms with Crippen LogP contribution >= 0.6 is 11.6 Å². The summed E-state index contributed by atoms with van der Waals surface area (Å²) in [5.41, 5.74) is 3.65. The normalized spacial score (nSPS) is 23.3. The van der Waals surface area contributed by atoms with Crippen molar-refractivity contribution in [1.82, 2.24) is 30.0 Å². The summed E-state index contributed by atoms with van der Waals surface area (Å²) >= 11 is 6.32. The van der Waals surface area contributed by atoms with Crippen LogP contribution in [0.3, 0.4) is 0 Å². The number of nitrogens with one attached hydrogen (secondary N) is 1. The molecule has 58 heavy (non-hydrogen) atoms. The molecule has 4 fully saturated rings. The second-order valence-corrected chi connectivity index (χ2v) is 16.5. The van der Waals surface area contributed by atoms with E-state index in [-0.39, 0.29) is 37.3 Å². The summed E-state index contributed by atoms with van der Waals surface area (Å²) in [5, 5.41) is 2.68. The number of halogens is 1. The van der Waals surface area contributed by atoms with E-state index in [4.69, 9.17) is 18.2 Å². The summed E-state index contributed by atoms with van der Waals surface area (Å²) in [5.74, 6) is -0.684. The molecule has 3 aromatic rings. The number of nitrogens with zero attached hydrogens (tertiary/aromatic N) is 9. The van der Waals surface area contributed by atoms with Crippen LogP contribution in [0.25, 0.3) is 4.85 Å². The van der Waals surface area contributed by atoms with Crippen LogP contribution in [0, 0.1) is 12.5 Å². The van der Waals surface area contributed by atoms with Gasteiger partial charge >= 0.3 is 0 Å². The number of imide groups is 2. The van der Waals surface area contributed by atoms with Crippen molar-refractivity contribution in [3.63, 3.8) is 0 Å². The third kappa shape index (κ3) is 7.82. The van der Waals surface area contributed by atoms with Crippen molar-refractivity contribution in [2.75, 3.05) is 73.6 Å². The van der Waals surface area contributed by atoms with E-state index in [9.17, 15) is 24.0 Å². The van der Waals surface area contributed by atoms with E-state index in [1.165, 1.54) is 0 Å². The van der Waals surface area contributed by atoms with Gasteiger partial charge in [-0.15, -0.1) is 0 Å². The third-order valence-electron chi connectivity index (χ3n) is 12.3. The van der Waals surface area contributed by atoms with Crippen LogP contribution < -0.4 is 20.0 Å². The molecule has 0 saturated carbocycles. The van der Waals surface area contributed by atoms with Crippen LogP contribution in [0.1, 0.15) is 65.8 Å². The van der Waals surface area contributed by atoms with E-state index in [0.717, 1.165) is 80.5 Å². The predicted molar refractivity (Wildman–Crippen MR) is 218 cm³/mol. The van der Waals surface area contributed by atoms with E-state index in [1.807, 2.05) is 23.1 Å². The number of fused-ring (bicyclic) bond motifs is 1. The SMILES string of the molecule is [C-]#[N+]c1ccc(N2C[C@H](C)N(C(=O)Cc3cnc(N4CCC(CN5CCN(c6ccc7c(c6)C(=O)N(C6CCC(=O)NC6=O)C7=O)CC5)CC4)nc3)C[C@H]2C)cc1Cl. The van der Waals surface area contributed by atoms with E-state index >= 15 is 0 Å². The number of benzene rings is 2. The Labute approximate surface area is 342 Å². The maximum absolute atomic E-state index is 13.5. The average molecular weight is 807 g/mol. The Hall–Kier alpha value is -5.59. The molecule has 6 heterocycles. The summed E-state index contributed by atoms with van der Waals surface area (Å²) in [7, 11) is 0. The predicted octanol–water partition coefficient (Wildman–Crippen LogP) is 3.79. The van der Waals surface area contributed by atoms with Gasteiger partial charge in [-0.05, 0) is 74.9 Å². The van der Waals surface area contributed by atoms with E-state index in [1.54, 1.807) is 30.6 Å². The zero-order valence-electron chi connectivity index (χ0n) is 32.8. The molecule has 0 radical (unpaired) electrons. The summed E-state index contributed by atoms with van der Waals surface area (Å²) in [6.07, 6.45) is 6.09. The monoisotopic (exact) mass is 806 g/mol. The summed E-state index contributed by atoms with van der Waals surface area (Å²) < 4.78 is 0. The van der Waals surface area contributed by atoms with E-state index in [0.29, 0.717) is 46.8 Å². The van der Waals surface area contributed by atoms with Crippen LogP contribution in [0.4, 0.5) is 23.0 Å². The standard InChI is InChI=1S/C42H47ClN10O5/c1-26-24-52(27(2)23-51(26)31-5-7-35(44-3)34(43)20-31)38(55)18-29-21-45-42(46-22-29)50-12-10-28(11-13-50)25-48-14-16-49(17-15-48)30-4-6-32-33(19-30)41(58)53(40(32)57)36-8-9-37(54)47-39(36)56/h4-7,19-22,26-28,36H,8-18,23-25H2,1-2H3,(H,47,54,56)/t26-,27+,36?/m1/s1. The van der Waals surface area contributed by atoms with Gasteiger partial charge in [0, 0.05) is 106 Å². The number of amides is 5. The lowest BCUT2D eigenvalue weighted by atomic mass is 9.96. The number of hydrogen-bond acceptors (Lipinski definition) is 11. The molecule has 2 aromatic carbocycles. The van der Waals surface area contributed by atoms with E-state index < -0.39 is 29.7 Å². The first-order valence-corrected chi connectivity index (χ1v) is 20.5. The first-order valence-electron chi connectivity index (χ1n) is 20.1. The fourth-order valence-electron chi connectivity index (χ4n) is 9.00. The lowest BCUT2D eigenvalue weighted by Gasteiger charge is -2.45. The lowest BCUT2D eigenvalue weighted by molar-refractivity contribution is -0.136. The van der Waals surface area contributed by atoms with Crippen molar-refractivity contribution >= 4 is 64.1 Å². The molecule has 302 valence electrons. The molecule has 1 unspecified atom stereocenters. The molecule has 5 aliphatic heterocycles. The number of aromatic nitrogens is 2. The first-order chi connectivity index (χ1) is 28.0. The molecule has 5 aliphatic rings. The van der Waals surface area contributed by atoms with Crippen molar-refractivity contribution in [2.45, 2.75) is 64.1 Å². The minimum absolute atomic E-state index is 0.000249. The van der Waals surface area contributed by atoms with Crippen LogP contribution in [-0.2, 0) is 20.8 Å². The number of carbonyl (C=O) groups is 5. The largest absolute Gasteiger partial charge is 0.369 e. The lowest BCUT2D eigenvalue weighted by Crippen LogP contribution is -2.58. The third-order valence-corrected chi connectivity index (χ3v) is 12.6. The van der Waals surface area contributed by atoms with Gasteiger partial charge in [-0.2, -0.15) is 0 Å². The Morgan fingerprint density at radius 3 is 2.24 bits per heavy atom. The Morgan fingerprint density at radius 2 is 1.55 bits per heavy atom. The van der Waals surface area contributed by atoms with Gasteiger partial charge in [0.2, 0.25) is 29.4 Å². The molecule has 1 N–H and O–H groups in total. The van der Waals surface area contributed by atoms with E-state index in [2.05, 4.69) is 53.6 Å².